The van der Waals surface area contributed by atoms with Crippen molar-refractivity contribution in [3.05, 3.63) is 35.9 Å². The number of aliphatic hydroxyl groups is 2. The van der Waals surface area contributed by atoms with E-state index in [1.165, 1.54) is 6.08 Å². The summed E-state index contributed by atoms with van der Waals surface area (Å²) in [5.74, 6) is -0.159. The Bertz CT molecular complexity index is 751. The van der Waals surface area contributed by atoms with Gasteiger partial charge in [-0.05, 0) is 68.2 Å². The molecular weight excluding hydrogens is 368 g/mol. The quantitative estimate of drug-likeness (QED) is 0.525. The maximum absolute atomic E-state index is 12.7. The van der Waals surface area contributed by atoms with E-state index in [0.717, 1.165) is 18.4 Å². The number of phenols is 1. The zero-order chi connectivity index (χ0) is 21.4. The van der Waals surface area contributed by atoms with Gasteiger partial charge in [-0.3, -0.25) is 0 Å². The van der Waals surface area contributed by atoms with Crippen LogP contribution in [-0.4, -0.2) is 39.1 Å². The van der Waals surface area contributed by atoms with Crippen molar-refractivity contribution in [1.82, 2.24) is 0 Å². The first-order valence-electron chi connectivity index (χ1n) is 10.6. The Hall–Kier alpha value is -1.85. The Balaban J connectivity index is 1.85. The number of esters is 1. The first-order chi connectivity index (χ1) is 13.5. The predicted octanol–water partition coefficient (Wildman–Crippen LogP) is 3.91. The number of ether oxygens (including phenoxy) is 1. The second-order valence-corrected chi connectivity index (χ2v) is 9.67. The number of fused-ring (bicyclic) bond motifs is 1. The molecule has 0 aliphatic heterocycles. The van der Waals surface area contributed by atoms with Crippen molar-refractivity contribution in [2.45, 2.75) is 71.2 Å². The standard InChI is InChI=1S/C24H34O5/c1-15(2)18-11-13-23(3)19(26)12-14-24(4,28)22(23)21(18)29-20(27)10-7-16-5-8-17(25)9-6-16/h5-10,15,18-19,21-22,25-26,28H,11-14H2,1-4H3/t18-,19-,21+,22-,23+,24-/m1/s1. The molecule has 6 atom stereocenters. The molecule has 0 aromatic heterocycles. The van der Waals surface area contributed by atoms with Gasteiger partial charge in [-0.1, -0.05) is 32.9 Å². The topological polar surface area (TPSA) is 87.0 Å². The Morgan fingerprint density at radius 3 is 2.45 bits per heavy atom. The van der Waals surface area contributed by atoms with E-state index in [1.807, 2.05) is 13.8 Å². The van der Waals surface area contributed by atoms with E-state index in [2.05, 4.69) is 13.8 Å². The lowest BCUT2D eigenvalue weighted by atomic mass is 9.50. The number of benzene rings is 1. The molecule has 0 amide bonds. The van der Waals surface area contributed by atoms with E-state index in [1.54, 1.807) is 30.3 Å². The molecular formula is C24H34O5. The van der Waals surface area contributed by atoms with Gasteiger partial charge in [0.25, 0.3) is 0 Å². The lowest BCUT2D eigenvalue weighted by molar-refractivity contribution is -0.228. The number of hydrogen-bond acceptors (Lipinski definition) is 5. The lowest BCUT2D eigenvalue weighted by Crippen LogP contribution is -2.64. The highest BCUT2D eigenvalue weighted by Gasteiger charge is 2.60. The summed E-state index contributed by atoms with van der Waals surface area (Å²) in [6.07, 6.45) is 4.83. The minimum Gasteiger partial charge on any atom is -0.508 e. The number of carbonyl (C=O) groups excluding carboxylic acids is 1. The fourth-order valence-electron chi connectivity index (χ4n) is 5.56. The molecule has 5 nitrogen and oxygen atoms in total. The minimum atomic E-state index is -0.993. The monoisotopic (exact) mass is 402 g/mol. The molecule has 0 spiro atoms. The summed E-state index contributed by atoms with van der Waals surface area (Å²) in [7, 11) is 0. The SMILES string of the molecule is CC(C)[C@H]1CC[C@@]2(C)[C@H](O)CC[C@@](C)(O)[C@@H]2[C@H]1OC(=O)C=Cc1ccc(O)cc1. The summed E-state index contributed by atoms with van der Waals surface area (Å²) < 4.78 is 5.98. The second kappa shape index (κ2) is 8.11. The first kappa shape index (κ1) is 21.8. The van der Waals surface area contributed by atoms with Gasteiger partial charge in [0, 0.05) is 17.4 Å². The molecule has 0 bridgehead atoms. The van der Waals surface area contributed by atoms with Crippen LogP contribution in [-0.2, 0) is 9.53 Å². The van der Waals surface area contributed by atoms with Gasteiger partial charge in [0.2, 0.25) is 0 Å². The van der Waals surface area contributed by atoms with Crippen molar-refractivity contribution in [3.63, 3.8) is 0 Å². The molecule has 1 aromatic rings. The molecule has 3 N–H and O–H groups in total. The fraction of sp³-hybridized carbons (Fsp3) is 0.625. The lowest BCUT2D eigenvalue weighted by Gasteiger charge is -2.59. The summed E-state index contributed by atoms with van der Waals surface area (Å²) in [5, 5.41) is 31.4. The number of aliphatic hydroxyl groups excluding tert-OH is 1. The molecule has 0 radical (unpaired) electrons. The molecule has 2 aliphatic rings. The van der Waals surface area contributed by atoms with Crippen LogP contribution < -0.4 is 0 Å². The van der Waals surface area contributed by atoms with Crippen LogP contribution >= 0.6 is 0 Å². The summed E-state index contributed by atoms with van der Waals surface area (Å²) >= 11 is 0. The number of hydrogen-bond donors (Lipinski definition) is 3. The van der Waals surface area contributed by atoms with Crippen LogP contribution in [0.4, 0.5) is 0 Å². The van der Waals surface area contributed by atoms with Crippen LogP contribution in [0, 0.1) is 23.2 Å². The maximum atomic E-state index is 12.7. The Morgan fingerprint density at radius 2 is 1.83 bits per heavy atom. The van der Waals surface area contributed by atoms with Crippen LogP contribution in [0.1, 0.15) is 58.9 Å². The van der Waals surface area contributed by atoms with Crippen molar-refractivity contribution in [2.24, 2.45) is 23.2 Å². The summed E-state index contributed by atoms with van der Waals surface area (Å²) in [6.45, 7) is 8.08. The predicted molar refractivity (Wildman–Crippen MR) is 112 cm³/mol. The third-order valence-corrected chi connectivity index (χ3v) is 7.25. The van der Waals surface area contributed by atoms with Crippen molar-refractivity contribution < 1.29 is 24.9 Å². The number of carbonyl (C=O) groups is 1. The van der Waals surface area contributed by atoms with Gasteiger partial charge in [0.15, 0.2) is 0 Å². The third kappa shape index (κ3) is 4.36. The van der Waals surface area contributed by atoms with Crippen molar-refractivity contribution in [1.29, 1.82) is 0 Å². The Kier molecular flexibility index (Phi) is 6.11. The van der Waals surface area contributed by atoms with Crippen LogP contribution in [0.2, 0.25) is 0 Å². The number of aromatic hydroxyl groups is 1. The Labute approximate surface area is 173 Å². The molecule has 29 heavy (non-hydrogen) atoms. The van der Waals surface area contributed by atoms with Crippen molar-refractivity contribution in [3.8, 4) is 5.75 Å². The first-order valence-corrected chi connectivity index (χ1v) is 10.6. The molecule has 5 heteroatoms. The van der Waals surface area contributed by atoms with E-state index >= 15 is 0 Å². The normalized spacial score (nSPS) is 37.5. The molecule has 3 rings (SSSR count). The maximum Gasteiger partial charge on any atom is 0.331 e. The Morgan fingerprint density at radius 1 is 1.17 bits per heavy atom. The van der Waals surface area contributed by atoms with Crippen molar-refractivity contribution >= 4 is 12.0 Å². The summed E-state index contributed by atoms with van der Waals surface area (Å²) in [4.78, 5) is 12.7. The highest BCUT2D eigenvalue weighted by molar-refractivity contribution is 5.87. The van der Waals surface area contributed by atoms with Crippen LogP contribution in [0.5, 0.6) is 5.75 Å². The van der Waals surface area contributed by atoms with E-state index in [9.17, 15) is 20.1 Å². The van der Waals surface area contributed by atoms with Gasteiger partial charge in [0.05, 0.1) is 11.7 Å². The van der Waals surface area contributed by atoms with Crippen LogP contribution in [0.15, 0.2) is 30.3 Å². The molecule has 2 saturated carbocycles. The van der Waals surface area contributed by atoms with Gasteiger partial charge in [-0.25, -0.2) is 4.79 Å². The van der Waals surface area contributed by atoms with E-state index in [-0.39, 0.29) is 17.6 Å². The fourth-order valence-corrected chi connectivity index (χ4v) is 5.56. The van der Waals surface area contributed by atoms with Gasteiger partial charge in [0.1, 0.15) is 11.9 Å². The van der Waals surface area contributed by atoms with Crippen LogP contribution in [0.25, 0.3) is 6.08 Å². The van der Waals surface area contributed by atoms with Gasteiger partial charge >= 0.3 is 5.97 Å². The largest absolute Gasteiger partial charge is 0.508 e. The third-order valence-electron chi connectivity index (χ3n) is 7.25. The second-order valence-electron chi connectivity index (χ2n) is 9.67. The van der Waals surface area contributed by atoms with Gasteiger partial charge in [-0.2, -0.15) is 0 Å². The number of rotatable bonds is 4. The highest BCUT2D eigenvalue weighted by atomic mass is 16.5. The molecule has 160 valence electrons. The molecule has 0 unspecified atom stereocenters. The van der Waals surface area contributed by atoms with E-state index in [4.69, 9.17) is 4.74 Å². The zero-order valence-corrected chi connectivity index (χ0v) is 17.8. The molecule has 0 heterocycles. The molecule has 0 saturated heterocycles. The van der Waals surface area contributed by atoms with Gasteiger partial charge < -0.3 is 20.1 Å². The van der Waals surface area contributed by atoms with E-state index in [0.29, 0.717) is 18.8 Å². The average molecular weight is 403 g/mol. The zero-order valence-electron chi connectivity index (χ0n) is 17.8. The summed E-state index contributed by atoms with van der Waals surface area (Å²) in [5.41, 5.74) is -0.680. The van der Waals surface area contributed by atoms with Crippen LogP contribution in [0.3, 0.4) is 0 Å². The molecule has 1 aromatic carbocycles. The smallest absolute Gasteiger partial charge is 0.331 e. The van der Waals surface area contributed by atoms with Gasteiger partial charge in [-0.15, -0.1) is 0 Å². The average Bonchev–Trinajstić information content (AvgIpc) is 2.64. The molecule has 2 fully saturated rings. The van der Waals surface area contributed by atoms with E-state index < -0.39 is 29.2 Å². The summed E-state index contributed by atoms with van der Waals surface area (Å²) in [6, 6.07) is 6.56. The molecule has 2 aliphatic carbocycles. The minimum absolute atomic E-state index is 0.135. The number of phenolic OH excluding ortho intramolecular Hbond substituents is 1. The van der Waals surface area contributed by atoms with Crippen molar-refractivity contribution in [2.75, 3.05) is 0 Å². The highest BCUT2D eigenvalue weighted by Crippen LogP contribution is 2.57.